The van der Waals surface area contributed by atoms with E-state index >= 15 is 0 Å². The number of benzene rings is 6. The zero-order valence-corrected chi connectivity index (χ0v) is 87.7. The molecule has 7 aromatic rings. The van der Waals surface area contributed by atoms with Crippen molar-refractivity contribution in [2.45, 2.75) is 317 Å². The third kappa shape index (κ3) is 34.6. The largest absolute Gasteiger partial charge is 0.390 e. The maximum atomic E-state index is 14.8. The van der Waals surface area contributed by atoms with Crippen LogP contribution in [0.15, 0.2) is 157 Å². The fourth-order valence-corrected chi connectivity index (χ4v) is 25.7. The molecule has 11 rings (SSSR count). The van der Waals surface area contributed by atoms with Crippen LogP contribution in [0.5, 0.6) is 0 Å². The molecule has 2 saturated carbocycles. The van der Waals surface area contributed by atoms with E-state index in [-0.39, 0.29) is 104 Å². The molecule has 2 aliphatic heterocycles. The highest BCUT2D eigenvalue weighted by Crippen LogP contribution is 2.53. The first kappa shape index (κ1) is 119. The molecule has 38 heteroatoms. The smallest absolute Gasteiger partial charge is 0.268 e. The summed E-state index contributed by atoms with van der Waals surface area (Å²) in [5.74, 6) is -11.1. The average Bonchev–Trinajstić information content (AvgIpc) is 1.58. The topological polar surface area (TPSA) is 456 Å². The Morgan fingerprint density at radius 2 is 0.774 bits per heavy atom. The van der Waals surface area contributed by atoms with Gasteiger partial charge in [-0.25, -0.2) is 57.0 Å². The normalized spacial score (nSPS) is 16.4. The molecule has 6 aromatic carbocycles. The Balaban J connectivity index is 0.000000244. The van der Waals surface area contributed by atoms with Crippen LogP contribution < -0.4 is 43.9 Å². The number of piperidine rings is 1. The average molecular weight is 2100 g/mol. The quantitative estimate of drug-likeness (QED) is 0.0158. The third-order valence-electron chi connectivity index (χ3n) is 27.7. The Morgan fingerprint density at radius 3 is 1.12 bits per heavy atom. The number of aliphatic hydroxyl groups is 3. The van der Waals surface area contributed by atoms with Crippen LogP contribution in [-0.4, -0.2) is 228 Å². The molecule has 3 unspecified atom stereocenters. The van der Waals surface area contributed by atoms with Gasteiger partial charge in [0.2, 0.25) is 29.5 Å². The van der Waals surface area contributed by atoms with E-state index in [1.54, 1.807) is 0 Å². The van der Waals surface area contributed by atoms with Gasteiger partial charge in [0.1, 0.15) is 58.7 Å². The van der Waals surface area contributed by atoms with E-state index < -0.39 is 193 Å². The number of carbonyl (C=O) groups excluding carboxylic acids is 7. The predicted octanol–water partition coefficient (Wildman–Crippen LogP) is 11.9. The second-order valence-electron chi connectivity index (χ2n) is 39.2. The van der Waals surface area contributed by atoms with E-state index in [1.807, 2.05) is 135 Å². The summed E-state index contributed by atoms with van der Waals surface area (Å²) in [5, 5.41) is 47.2. The van der Waals surface area contributed by atoms with Gasteiger partial charge in [0.05, 0.1) is 62.4 Å². The lowest BCUT2D eigenvalue weighted by Crippen LogP contribution is -2.59. The molecule has 2 aliphatic carbocycles. The number of nitrogens with zero attached hydrogens (tertiary/aromatic N) is 5. The molecule has 4 aliphatic rings. The van der Waals surface area contributed by atoms with Crippen LogP contribution in [0.3, 0.4) is 0 Å². The first-order valence-electron chi connectivity index (χ1n) is 51.3. The summed E-state index contributed by atoms with van der Waals surface area (Å²) in [6.07, 6.45) is 10.2. The molecule has 1 aromatic heterocycles. The van der Waals surface area contributed by atoms with Crippen molar-refractivity contribution in [3.63, 3.8) is 0 Å². The highest BCUT2D eigenvalue weighted by molar-refractivity contribution is 7.92. The van der Waals surface area contributed by atoms with Gasteiger partial charge in [0, 0.05) is 99.2 Å². The van der Waals surface area contributed by atoms with Crippen molar-refractivity contribution in [1.82, 2.24) is 46.4 Å². The van der Waals surface area contributed by atoms with Gasteiger partial charge < -0.3 is 68.5 Å². The number of amides is 7. The van der Waals surface area contributed by atoms with Crippen LogP contribution in [-0.2, 0) is 114 Å². The Hall–Kier alpha value is -10.4. The summed E-state index contributed by atoms with van der Waals surface area (Å²) in [6, 6.07) is 27.4. The number of halogens is 6. The molecule has 0 spiro atoms. The van der Waals surface area contributed by atoms with E-state index in [2.05, 4.69) is 36.8 Å². The monoisotopic (exact) mass is 2090 g/mol. The molecular weight excluding hydrogens is 1950 g/mol. The minimum Gasteiger partial charge on any atom is -0.390 e. The number of carbonyl (C=O) groups is 7. The molecular formula is C108H149F6N13O16S3. The minimum atomic E-state index is -3.93. The number of rotatable bonds is 54. The molecule has 7 amide bonds. The number of aromatic nitrogens is 1. The van der Waals surface area contributed by atoms with Crippen LogP contribution in [0.25, 0.3) is 0 Å². The molecule has 802 valence electrons. The molecule has 146 heavy (non-hydrogen) atoms. The van der Waals surface area contributed by atoms with Crippen molar-refractivity contribution in [3.8, 4) is 0 Å². The van der Waals surface area contributed by atoms with Gasteiger partial charge >= 0.3 is 0 Å². The predicted molar refractivity (Wildman–Crippen MR) is 552 cm³/mol. The SMILES string of the molecule is CCCC(CCC)S(=O)(=O)CC(NC(=O)C1=NNC(=O)CC1)C(=O)N(C[C@@H](O)[C@@H](N)Cc1cc(F)cc(F)c1)C1(c2cccc(CC)c2)CC1.CCCC(CCC)S(=O)(=O)CC(NC(=O)C1CCNCC1)C(=O)N(Cc1cccc(CC)c1)C[C@@H](O)[C@@H](N)Cc1cc(F)cc(F)c1.CCCC(CCC)S(=O)(=O)CC(NC(=O)c1ccncc1)C(=O)N(C[C@@H](O)[C@@H](N)Cc1cc(F)cc(F)c1)C1(c2cccc(CC)c2)CC1. The molecule has 29 nitrogen and oxygen atoms in total. The van der Waals surface area contributed by atoms with Gasteiger partial charge in [-0.3, -0.25) is 38.5 Å². The Labute approximate surface area is 856 Å². The molecule has 3 heterocycles. The third-order valence-corrected chi connectivity index (χ3v) is 34.5. The highest BCUT2D eigenvalue weighted by atomic mass is 32.2. The fraction of sp³-hybridized carbons (Fsp3) is 0.546. The summed E-state index contributed by atoms with van der Waals surface area (Å²) < 4.78 is 167. The lowest BCUT2D eigenvalue weighted by atomic mass is 9.96. The molecule has 3 fully saturated rings. The zero-order chi connectivity index (χ0) is 107. The Bertz CT molecular complexity index is 5830. The lowest BCUT2D eigenvalue weighted by molar-refractivity contribution is -0.140. The number of pyridine rings is 1. The Kier molecular flexibility index (Phi) is 45.9. The van der Waals surface area contributed by atoms with Crippen LogP contribution >= 0.6 is 0 Å². The van der Waals surface area contributed by atoms with E-state index in [4.69, 9.17) is 17.2 Å². The zero-order valence-electron chi connectivity index (χ0n) is 85.3. The van der Waals surface area contributed by atoms with Crippen LogP contribution in [0.4, 0.5) is 26.3 Å². The Morgan fingerprint density at radius 1 is 0.432 bits per heavy atom. The molecule has 0 bridgehead atoms. The number of aryl methyl sites for hydroxylation is 3. The standard InChI is InChI=1S/C37H48F2N4O5S.C36H49F2N5O6S.C35H52F2N4O5S/c1-4-8-31(9-5-2)49(47,48)24-33(42-35(45)27-12-16-41-17-13-27)36(46)43(37(14-15-37)28-11-7-10-25(6-3)18-28)23-34(44)32(40)21-26-19-29(38)22-30(39)20-26;1-4-8-28(9-5-2)50(48,49)22-31(40-34(46)30-12-13-33(45)42-41-30)35(47)43(36(14-15-36)25-11-7-10-23(6-3)16-25)21-32(44)29(39)19-24-17-26(37)20-27(38)18-24;1-4-8-30(9-5-2)47(45,46)23-32(40-34(43)27-12-14-39-15-13-27)35(44)41(21-25-11-7-10-24(6-3)16-25)22-33(42)31(38)19-26-17-28(36)20-29(37)18-26/h7,10-13,16-20,22,31-34,44H,4-6,8-9,14-15,21,23-24,40H2,1-3H3,(H,42,45);7,10-11,16-18,20,28-29,31-32,44H,4-6,8-9,12-15,19,21-22,39H2,1-3H3,(H,40,46)(H,42,45);7,10-11,16-18,20,27,30-33,39,42H,4-6,8-9,12-15,19,21-23,38H2,1-3H3,(H,40,43)/t32-,33?,34+;29-,31?,32+;31-,32?,33+/m000/s1. The minimum absolute atomic E-state index is 0.000534. The van der Waals surface area contributed by atoms with Gasteiger partial charge in [0.25, 0.3) is 11.8 Å². The summed E-state index contributed by atoms with van der Waals surface area (Å²) in [7, 11) is -11.6. The van der Waals surface area contributed by atoms with Gasteiger partial charge in [-0.1, -0.05) is 174 Å². The van der Waals surface area contributed by atoms with Crippen molar-refractivity contribution in [2.75, 3.05) is 50.0 Å². The van der Waals surface area contributed by atoms with Gasteiger partial charge in [-0.15, -0.1) is 0 Å². The summed E-state index contributed by atoms with van der Waals surface area (Å²) >= 11 is 0. The van der Waals surface area contributed by atoms with Gasteiger partial charge in [0.15, 0.2) is 29.5 Å². The number of nitrogens with one attached hydrogen (secondary N) is 5. The molecule has 0 radical (unpaired) electrons. The summed E-state index contributed by atoms with van der Waals surface area (Å²) in [6.45, 7) is 17.8. The molecule has 9 atom stereocenters. The van der Waals surface area contributed by atoms with E-state index in [0.717, 1.165) is 107 Å². The van der Waals surface area contributed by atoms with E-state index in [1.165, 1.54) is 39.2 Å². The fourth-order valence-electron chi connectivity index (χ4n) is 19.3. The van der Waals surface area contributed by atoms with Crippen LogP contribution in [0, 0.1) is 40.8 Å². The van der Waals surface area contributed by atoms with Crippen molar-refractivity contribution in [3.05, 3.63) is 242 Å². The molecule has 14 N–H and O–H groups in total. The number of nitrogens with two attached hydrogens (primary N) is 3. The summed E-state index contributed by atoms with van der Waals surface area (Å²) in [4.78, 5) is 104. The van der Waals surface area contributed by atoms with Gasteiger partial charge in [-0.2, -0.15) is 5.10 Å². The van der Waals surface area contributed by atoms with Crippen molar-refractivity contribution >= 4 is 76.6 Å². The molecule has 1 saturated heterocycles. The van der Waals surface area contributed by atoms with Crippen molar-refractivity contribution in [2.24, 2.45) is 28.2 Å². The maximum Gasteiger partial charge on any atom is 0.268 e. The second kappa shape index (κ2) is 56.3. The van der Waals surface area contributed by atoms with Crippen LogP contribution in [0.2, 0.25) is 0 Å². The number of hydrogen-bond acceptors (Lipinski definition) is 22. The summed E-state index contributed by atoms with van der Waals surface area (Å²) in [5.41, 5.74) is 25.8. The van der Waals surface area contributed by atoms with Crippen LogP contribution in [0.1, 0.15) is 251 Å². The van der Waals surface area contributed by atoms with Crippen molar-refractivity contribution in [1.29, 1.82) is 0 Å². The first-order valence-corrected chi connectivity index (χ1v) is 56.4. The second-order valence-corrected chi connectivity index (χ2v) is 46.1. The van der Waals surface area contributed by atoms with Gasteiger partial charge in [-0.05, 0) is 227 Å². The van der Waals surface area contributed by atoms with E-state index in [9.17, 15) is 100 Å². The number of hydrogen-bond donors (Lipinski definition) is 11. The maximum absolute atomic E-state index is 14.8. The highest BCUT2D eigenvalue weighted by Gasteiger charge is 2.56. The number of hydrazone groups is 1. The number of aliphatic hydroxyl groups excluding tert-OH is 3. The number of sulfone groups is 3. The lowest BCUT2D eigenvalue weighted by Gasteiger charge is -2.38. The van der Waals surface area contributed by atoms with E-state index in [0.29, 0.717) is 129 Å². The first-order chi connectivity index (χ1) is 69.4. The van der Waals surface area contributed by atoms with Crippen molar-refractivity contribution < 1.29 is 100 Å².